The Kier molecular flexibility index (Phi) is 4.41. The molecule has 0 bridgehead atoms. The number of carboxylic acid groups (broad SMARTS) is 2. The molecule has 0 saturated carbocycles. The van der Waals surface area contributed by atoms with Crippen molar-refractivity contribution in [3.8, 4) is 0 Å². The SMILES string of the molecule is N[C@H](CC(O)(Cc1ccccc1)C(=O)O)C(=O)O. The lowest BCUT2D eigenvalue weighted by atomic mass is 9.88. The molecule has 98 valence electrons. The lowest BCUT2D eigenvalue weighted by Gasteiger charge is -2.25. The number of hydrogen-bond acceptors (Lipinski definition) is 4. The highest BCUT2D eigenvalue weighted by Crippen LogP contribution is 2.19. The Morgan fingerprint density at radius 2 is 1.78 bits per heavy atom. The number of carboxylic acids is 2. The first-order valence-corrected chi connectivity index (χ1v) is 5.33. The molecular formula is C12H15NO5. The predicted octanol–water partition coefficient (Wildman–Crippen LogP) is -0.153. The minimum atomic E-state index is -2.18. The highest BCUT2D eigenvalue weighted by atomic mass is 16.4. The van der Waals surface area contributed by atoms with E-state index in [9.17, 15) is 14.7 Å². The van der Waals surface area contributed by atoms with Crippen LogP contribution < -0.4 is 5.73 Å². The average Bonchev–Trinajstić information content (AvgIpc) is 2.29. The van der Waals surface area contributed by atoms with Crippen LogP contribution in [0.2, 0.25) is 0 Å². The van der Waals surface area contributed by atoms with Gasteiger partial charge in [-0.15, -0.1) is 0 Å². The zero-order chi connectivity index (χ0) is 13.8. The standard InChI is InChI=1S/C12H15NO5/c13-9(10(14)15)7-12(18,11(16)17)6-8-4-2-1-3-5-8/h1-5,9,18H,6-7,13H2,(H,14,15)(H,16,17)/t9-,12?/m1/s1. The number of hydrogen-bond donors (Lipinski definition) is 4. The predicted molar refractivity (Wildman–Crippen MR) is 63.0 cm³/mol. The zero-order valence-electron chi connectivity index (χ0n) is 9.61. The van der Waals surface area contributed by atoms with Gasteiger partial charge >= 0.3 is 11.9 Å². The van der Waals surface area contributed by atoms with Crippen molar-refractivity contribution in [3.63, 3.8) is 0 Å². The van der Waals surface area contributed by atoms with Gasteiger partial charge < -0.3 is 21.1 Å². The van der Waals surface area contributed by atoms with Gasteiger partial charge in [-0.1, -0.05) is 30.3 Å². The third-order valence-corrected chi connectivity index (χ3v) is 2.61. The first-order valence-electron chi connectivity index (χ1n) is 5.33. The van der Waals surface area contributed by atoms with Gasteiger partial charge in [-0.2, -0.15) is 0 Å². The van der Waals surface area contributed by atoms with Crippen LogP contribution in [0.15, 0.2) is 30.3 Å². The van der Waals surface area contributed by atoms with E-state index in [0.717, 1.165) is 0 Å². The van der Waals surface area contributed by atoms with Crippen molar-refractivity contribution >= 4 is 11.9 Å². The van der Waals surface area contributed by atoms with E-state index >= 15 is 0 Å². The second-order valence-electron chi connectivity index (χ2n) is 4.15. The largest absolute Gasteiger partial charge is 0.480 e. The Bertz CT molecular complexity index is 433. The number of rotatable bonds is 6. The topological polar surface area (TPSA) is 121 Å². The van der Waals surface area contributed by atoms with Crippen LogP contribution in [-0.4, -0.2) is 38.9 Å². The van der Waals surface area contributed by atoms with Gasteiger partial charge in [0.1, 0.15) is 6.04 Å². The number of benzene rings is 1. The first kappa shape index (κ1) is 14.1. The van der Waals surface area contributed by atoms with E-state index in [2.05, 4.69) is 0 Å². The lowest BCUT2D eigenvalue weighted by Crippen LogP contribution is -2.48. The third-order valence-electron chi connectivity index (χ3n) is 2.61. The zero-order valence-corrected chi connectivity index (χ0v) is 9.61. The number of aliphatic hydroxyl groups is 1. The highest BCUT2D eigenvalue weighted by molar-refractivity contribution is 5.80. The Morgan fingerprint density at radius 1 is 1.22 bits per heavy atom. The highest BCUT2D eigenvalue weighted by Gasteiger charge is 2.39. The van der Waals surface area contributed by atoms with Crippen LogP contribution in [0, 0.1) is 0 Å². The lowest BCUT2D eigenvalue weighted by molar-refractivity contribution is -0.160. The van der Waals surface area contributed by atoms with E-state index in [0.29, 0.717) is 5.56 Å². The van der Waals surface area contributed by atoms with Crippen LogP contribution in [0.4, 0.5) is 0 Å². The summed E-state index contributed by atoms with van der Waals surface area (Å²) in [6.07, 6.45) is -0.739. The molecule has 1 unspecified atom stereocenters. The van der Waals surface area contributed by atoms with E-state index in [4.69, 9.17) is 15.9 Å². The average molecular weight is 253 g/mol. The minimum Gasteiger partial charge on any atom is -0.480 e. The molecule has 0 saturated heterocycles. The van der Waals surface area contributed by atoms with Crippen molar-refractivity contribution in [2.24, 2.45) is 5.73 Å². The van der Waals surface area contributed by atoms with Crippen molar-refractivity contribution in [3.05, 3.63) is 35.9 Å². The Hall–Kier alpha value is -1.92. The molecule has 1 aromatic carbocycles. The maximum absolute atomic E-state index is 11.1. The molecule has 0 amide bonds. The minimum absolute atomic E-state index is 0.190. The fraction of sp³-hybridized carbons (Fsp3) is 0.333. The van der Waals surface area contributed by atoms with Gasteiger partial charge in [0.25, 0.3) is 0 Å². The molecule has 0 aliphatic heterocycles. The molecule has 2 atom stereocenters. The third kappa shape index (κ3) is 3.54. The molecule has 0 aliphatic carbocycles. The quantitative estimate of drug-likeness (QED) is 0.559. The van der Waals surface area contributed by atoms with Gasteiger partial charge in [-0.3, -0.25) is 4.79 Å². The molecule has 0 aliphatic rings. The van der Waals surface area contributed by atoms with E-state index < -0.39 is 30.0 Å². The van der Waals surface area contributed by atoms with Crippen LogP contribution in [0.25, 0.3) is 0 Å². The molecule has 18 heavy (non-hydrogen) atoms. The smallest absolute Gasteiger partial charge is 0.336 e. The van der Waals surface area contributed by atoms with Crippen molar-refractivity contribution in [2.75, 3.05) is 0 Å². The normalized spacial score (nSPS) is 15.7. The van der Waals surface area contributed by atoms with Crippen LogP contribution >= 0.6 is 0 Å². The molecule has 0 radical (unpaired) electrons. The molecule has 0 fully saturated rings. The molecule has 6 nitrogen and oxygen atoms in total. The Labute approximate surface area is 104 Å². The molecule has 0 spiro atoms. The van der Waals surface area contributed by atoms with Crippen molar-refractivity contribution < 1.29 is 24.9 Å². The summed E-state index contributed by atoms with van der Waals surface area (Å²) in [4.78, 5) is 21.7. The summed E-state index contributed by atoms with van der Waals surface area (Å²) in [6.45, 7) is 0. The monoisotopic (exact) mass is 253 g/mol. The van der Waals surface area contributed by atoms with E-state index in [1.165, 1.54) is 0 Å². The van der Waals surface area contributed by atoms with Crippen LogP contribution in [0.5, 0.6) is 0 Å². The molecular weight excluding hydrogens is 238 g/mol. The van der Waals surface area contributed by atoms with Gasteiger partial charge in [0.05, 0.1) is 0 Å². The Balaban J connectivity index is 2.87. The van der Waals surface area contributed by atoms with Crippen LogP contribution in [-0.2, 0) is 16.0 Å². The van der Waals surface area contributed by atoms with Crippen molar-refractivity contribution in [1.29, 1.82) is 0 Å². The molecule has 5 N–H and O–H groups in total. The van der Waals surface area contributed by atoms with Gasteiger partial charge in [-0.05, 0) is 5.56 Å². The van der Waals surface area contributed by atoms with E-state index in [-0.39, 0.29) is 6.42 Å². The van der Waals surface area contributed by atoms with E-state index in [1.807, 2.05) is 0 Å². The van der Waals surface area contributed by atoms with Crippen molar-refractivity contribution in [2.45, 2.75) is 24.5 Å². The van der Waals surface area contributed by atoms with E-state index in [1.54, 1.807) is 30.3 Å². The molecule has 1 rings (SSSR count). The van der Waals surface area contributed by atoms with Crippen molar-refractivity contribution in [1.82, 2.24) is 0 Å². The summed E-state index contributed by atoms with van der Waals surface area (Å²) < 4.78 is 0. The fourth-order valence-corrected chi connectivity index (χ4v) is 1.62. The second kappa shape index (κ2) is 5.61. The Morgan fingerprint density at radius 3 is 2.22 bits per heavy atom. The van der Waals surface area contributed by atoms with Crippen LogP contribution in [0.3, 0.4) is 0 Å². The first-order chi connectivity index (χ1) is 8.35. The van der Waals surface area contributed by atoms with Gasteiger partial charge in [0.15, 0.2) is 5.60 Å². The summed E-state index contributed by atoms with van der Waals surface area (Å²) in [7, 11) is 0. The molecule has 6 heteroatoms. The second-order valence-corrected chi connectivity index (χ2v) is 4.15. The molecule has 1 aromatic rings. The number of nitrogens with two attached hydrogens (primary N) is 1. The summed E-state index contributed by atoms with van der Waals surface area (Å²) in [5.41, 5.74) is 3.69. The van der Waals surface area contributed by atoms with Gasteiger partial charge in [0.2, 0.25) is 0 Å². The molecule has 0 aromatic heterocycles. The summed E-state index contributed by atoms with van der Waals surface area (Å²) in [5.74, 6) is -2.83. The maximum atomic E-state index is 11.1. The van der Waals surface area contributed by atoms with Gasteiger partial charge in [0, 0.05) is 12.8 Å². The summed E-state index contributed by atoms with van der Waals surface area (Å²) >= 11 is 0. The number of aliphatic carboxylic acids is 2. The van der Waals surface area contributed by atoms with Crippen LogP contribution in [0.1, 0.15) is 12.0 Å². The fourth-order valence-electron chi connectivity index (χ4n) is 1.62. The maximum Gasteiger partial charge on any atom is 0.336 e. The summed E-state index contributed by atoms with van der Waals surface area (Å²) in [6, 6.07) is 7.05. The number of carbonyl (C=O) groups is 2. The van der Waals surface area contributed by atoms with Gasteiger partial charge in [-0.25, -0.2) is 4.79 Å². The molecule has 0 heterocycles. The summed E-state index contributed by atoms with van der Waals surface area (Å²) in [5, 5.41) is 27.7.